The Labute approximate surface area is 129 Å². The number of para-hydroxylation sites is 1. The Morgan fingerprint density at radius 2 is 1.85 bits per heavy atom. The molecular formula is C16H22BrNO2. The fourth-order valence-corrected chi connectivity index (χ4v) is 3.54. The molecule has 1 saturated carbocycles. The molecule has 0 radical (unpaired) electrons. The van der Waals surface area contributed by atoms with Crippen molar-refractivity contribution in [2.45, 2.75) is 38.5 Å². The van der Waals surface area contributed by atoms with Gasteiger partial charge in [0.2, 0.25) is 0 Å². The molecule has 0 aliphatic heterocycles. The molecule has 0 unspecified atom stereocenters. The third-order valence-corrected chi connectivity index (χ3v) is 5.32. The van der Waals surface area contributed by atoms with Crippen LogP contribution in [0.3, 0.4) is 0 Å². The van der Waals surface area contributed by atoms with E-state index in [1.165, 1.54) is 38.5 Å². The molecule has 2 N–H and O–H groups in total. The molecule has 0 spiro atoms. The smallest absolute Gasteiger partial charge is 0.252 e. The van der Waals surface area contributed by atoms with Crippen molar-refractivity contribution in [2.24, 2.45) is 11.1 Å². The molecule has 110 valence electrons. The van der Waals surface area contributed by atoms with E-state index in [9.17, 15) is 4.79 Å². The van der Waals surface area contributed by atoms with Crippen LogP contribution in [0.5, 0.6) is 5.75 Å². The van der Waals surface area contributed by atoms with E-state index in [-0.39, 0.29) is 5.41 Å². The topological polar surface area (TPSA) is 52.3 Å². The van der Waals surface area contributed by atoms with Crippen LogP contribution in [0, 0.1) is 5.41 Å². The van der Waals surface area contributed by atoms with Crippen molar-refractivity contribution in [1.29, 1.82) is 0 Å². The van der Waals surface area contributed by atoms with Crippen LogP contribution in [-0.2, 0) is 0 Å². The molecule has 1 fully saturated rings. The van der Waals surface area contributed by atoms with Gasteiger partial charge in [-0.05, 0) is 25.0 Å². The van der Waals surface area contributed by atoms with Crippen molar-refractivity contribution in [3.05, 3.63) is 29.8 Å². The van der Waals surface area contributed by atoms with Crippen LogP contribution < -0.4 is 10.5 Å². The van der Waals surface area contributed by atoms with E-state index >= 15 is 0 Å². The minimum Gasteiger partial charge on any atom is -0.492 e. The van der Waals surface area contributed by atoms with Crippen molar-refractivity contribution in [2.75, 3.05) is 11.9 Å². The van der Waals surface area contributed by atoms with Crippen LogP contribution in [0.4, 0.5) is 0 Å². The molecule has 0 bridgehead atoms. The lowest BCUT2D eigenvalue weighted by atomic mass is 9.83. The minimum atomic E-state index is -0.436. The SMILES string of the molecule is NC(=O)c1ccccc1OCC1(CBr)CCCCCC1. The second-order valence-electron chi connectivity index (χ2n) is 5.70. The van der Waals surface area contributed by atoms with Gasteiger partial charge in [0.15, 0.2) is 0 Å². The number of carbonyl (C=O) groups excluding carboxylic acids is 1. The average molecular weight is 340 g/mol. The predicted molar refractivity (Wildman–Crippen MR) is 84.4 cm³/mol. The average Bonchev–Trinajstić information content (AvgIpc) is 2.71. The van der Waals surface area contributed by atoms with Gasteiger partial charge in [-0.2, -0.15) is 0 Å². The number of primary amides is 1. The minimum absolute atomic E-state index is 0.182. The molecule has 1 amide bonds. The monoisotopic (exact) mass is 339 g/mol. The van der Waals surface area contributed by atoms with Gasteiger partial charge in [-0.1, -0.05) is 53.7 Å². The fraction of sp³-hybridized carbons (Fsp3) is 0.562. The Hall–Kier alpha value is -1.03. The predicted octanol–water partition coefficient (Wildman–Crippen LogP) is 3.90. The Kier molecular flexibility index (Phi) is 5.46. The van der Waals surface area contributed by atoms with Crippen LogP contribution in [-0.4, -0.2) is 17.8 Å². The molecule has 0 heterocycles. The molecule has 1 aromatic carbocycles. The Balaban J connectivity index is 2.08. The highest BCUT2D eigenvalue weighted by atomic mass is 79.9. The quantitative estimate of drug-likeness (QED) is 0.653. The maximum Gasteiger partial charge on any atom is 0.252 e. The van der Waals surface area contributed by atoms with Gasteiger partial charge < -0.3 is 10.5 Å². The van der Waals surface area contributed by atoms with Crippen molar-refractivity contribution in [1.82, 2.24) is 0 Å². The maximum absolute atomic E-state index is 11.4. The maximum atomic E-state index is 11.4. The lowest BCUT2D eigenvalue weighted by Crippen LogP contribution is -2.30. The number of amides is 1. The Morgan fingerprint density at radius 1 is 1.20 bits per heavy atom. The zero-order chi connectivity index (χ0) is 14.4. The van der Waals surface area contributed by atoms with Crippen molar-refractivity contribution in [3.63, 3.8) is 0 Å². The lowest BCUT2D eigenvalue weighted by molar-refractivity contribution is 0.0989. The molecule has 0 aromatic heterocycles. The standard InChI is InChI=1S/C16H22BrNO2/c17-11-16(9-5-1-2-6-10-16)12-20-14-8-4-3-7-13(14)15(18)19/h3-4,7-8H,1-2,5-6,9-12H2,(H2,18,19). The van der Waals surface area contributed by atoms with Crippen LogP contribution >= 0.6 is 15.9 Å². The third-order valence-electron chi connectivity index (χ3n) is 4.13. The van der Waals surface area contributed by atoms with E-state index in [4.69, 9.17) is 10.5 Å². The number of hydrogen-bond acceptors (Lipinski definition) is 2. The molecule has 1 aromatic rings. The first-order chi connectivity index (χ1) is 9.67. The molecule has 1 aliphatic rings. The van der Waals surface area contributed by atoms with Gasteiger partial charge in [0.25, 0.3) is 5.91 Å². The molecule has 3 nitrogen and oxygen atoms in total. The van der Waals surface area contributed by atoms with Gasteiger partial charge in [0.05, 0.1) is 12.2 Å². The highest BCUT2D eigenvalue weighted by molar-refractivity contribution is 9.09. The summed E-state index contributed by atoms with van der Waals surface area (Å²) in [5, 5.41) is 0.943. The fourth-order valence-electron chi connectivity index (χ4n) is 2.82. The number of ether oxygens (including phenoxy) is 1. The number of carbonyl (C=O) groups is 1. The summed E-state index contributed by atoms with van der Waals surface area (Å²) in [6, 6.07) is 7.21. The first-order valence-electron chi connectivity index (χ1n) is 7.24. The number of rotatable bonds is 5. The van der Waals surface area contributed by atoms with Gasteiger partial charge in [-0.3, -0.25) is 4.79 Å². The van der Waals surface area contributed by atoms with Crippen molar-refractivity contribution < 1.29 is 9.53 Å². The Morgan fingerprint density at radius 3 is 2.45 bits per heavy atom. The first kappa shape index (κ1) is 15.4. The third kappa shape index (κ3) is 3.75. The number of benzene rings is 1. The van der Waals surface area contributed by atoms with Crippen LogP contribution in [0.15, 0.2) is 24.3 Å². The van der Waals surface area contributed by atoms with E-state index in [0.717, 1.165) is 5.33 Å². The number of alkyl halides is 1. The van der Waals surface area contributed by atoms with Crippen LogP contribution in [0.2, 0.25) is 0 Å². The summed E-state index contributed by atoms with van der Waals surface area (Å²) in [5.74, 6) is 0.166. The van der Waals surface area contributed by atoms with Crippen LogP contribution in [0.1, 0.15) is 48.9 Å². The highest BCUT2D eigenvalue weighted by Crippen LogP contribution is 2.37. The number of hydrogen-bond donors (Lipinski definition) is 1. The Bertz CT molecular complexity index is 454. The summed E-state index contributed by atoms with van der Waals surface area (Å²) >= 11 is 3.65. The lowest BCUT2D eigenvalue weighted by Gasteiger charge is -2.30. The molecule has 0 atom stereocenters. The van der Waals surface area contributed by atoms with Gasteiger partial charge in [0.1, 0.15) is 5.75 Å². The highest BCUT2D eigenvalue weighted by Gasteiger charge is 2.31. The first-order valence-corrected chi connectivity index (χ1v) is 8.37. The van der Waals surface area contributed by atoms with Gasteiger partial charge in [-0.15, -0.1) is 0 Å². The van der Waals surface area contributed by atoms with E-state index in [0.29, 0.717) is 17.9 Å². The number of nitrogens with two attached hydrogens (primary N) is 1. The molecule has 1 aliphatic carbocycles. The summed E-state index contributed by atoms with van der Waals surface area (Å²) < 4.78 is 5.96. The van der Waals surface area contributed by atoms with E-state index in [2.05, 4.69) is 15.9 Å². The zero-order valence-electron chi connectivity index (χ0n) is 11.7. The summed E-state index contributed by atoms with van der Waals surface area (Å²) in [6.07, 6.45) is 7.49. The van der Waals surface area contributed by atoms with Crippen molar-refractivity contribution >= 4 is 21.8 Å². The van der Waals surface area contributed by atoms with Gasteiger partial charge in [0, 0.05) is 10.7 Å². The van der Waals surface area contributed by atoms with E-state index in [1.54, 1.807) is 12.1 Å². The molecule has 20 heavy (non-hydrogen) atoms. The molecule has 4 heteroatoms. The van der Waals surface area contributed by atoms with E-state index < -0.39 is 5.91 Å². The van der Waals surface area contributed by atoms with Gasteiger partial charge >= 0.3 is 0 Å². The van der Waals surface area contributed by atoms with E-state index in [1.807, 2.05) is 12.1 Å². The molecular weight excluding hydrogens is 318 g/mol. The summed E-state index contributed by atoms with van der Waals surface area (Å²) in [5.41, 5.74) is 6.03. The zero-order valence-corrected chi connectivity index (χ0v) is 13.3. The molecule has 0 saturated heterocycles. The van der Waals surface area contributed by atoms with Crippen LogP contribution in [0.25, 0.3) is 0 Å². The summed E-state index contributed by atoms with van der Waals surface area (Å²) in [6.45, 7) is 0.641. The summed E-state index contributed by atoms with van der Waals surface area (Å²) in [4.78, 5) is 11.4. The second kappa shape index (κ2) is 7.11. The molecule has 2 rings (SSSR count). The largest absolute Gasteiger partial charge is 0.492 e. The summed E-state index contributed by atoms with van der Waals surface area (Å²) in [7, 11) is 0. The number of halogens is 1. The van der Waals surface area contributed by atoms with Gasteiger partial charge in [-0.25, -0.2) is 0 Å². The normalized spacial score (nSPS) is 18.2. The second-order valence-corrected chi connectivity index (χ2v) is 6.26. The van der Waals surface area contributed by atoms with Crippen molar-refractivity contribution in [3.8, 4) is 5.75 Å².